The molecule has 1 aromatic rings. The minimum Gasteiger partial charge on any atom is -0.258 e. The van der Waals surface area contributed by atoms with E-state index in [9.17, 15) is 14.5 Å². The number of rotatable bonds is 4. The van der Waals surface area contributed by atoms with Gasteiger partial charge in [-0.25, -0.2) is 0 Å². The third-order valence-corrected chi connectivity index (χ3v) is 2.21. The van der Waals surface area contributed by atoms with Crippen molar-refractivity contribution >= 4 is 11.8 Å². The molecule has 1 aromatic carbocycles. The zero-order valence-corrected chi connectivity index (χ0v) is 8.44. The molecule has 0 aromatic heterocycles. The van der Waals surface area contributed by atoms with Crippen LogP contribution in [0.2, 0.25) is 0 Å². The Hall–Kier alpha value is -1.71. The molecule has 0 saturated carbocycles. The predicted molar refractivity (Wildman–Crippen MR) is 57.6 cm³/mol. The SMILES string of the molecule is C=Cc1cc(C(C)CF)cc([N+](=O)[O-])c1. The molecule has 0 bridgehead atoms. The molecule has 0 aliphatic heterocycles. The van der Waals surface area contributed by atoms with Crippen LogP contribution in [-0.2, 0) is 0 Å². The first-order valence-corrected chi connectivity index (χ1v) is 4.56. The predicted octanol–water partition coefficient (Wildman–Crippen LogP) is 3.31. The number of nitrogens with zero attached hydrogens (tertiary/aromatic N) is 1. The number of hydrogen-bond acceptors (Lipinski definition) is 2. The van der Waals surface area contributed by atoms with Crippen molar-refractivity contribution < 1.29 is 9.31 Å². The molecule has 4 heteroatoms. The van der Waals surface area contributed by atoms with Gasteiger partial charge in [0.1, 0.15) is 0 Å². The van der Waals surface area contributed by atoms with Gasteiger partial charge >= 0.3 is 0 Å². The van der Waals surface area contributed by atoms with E-state index in [4.69, 9.17) is 0 Å². The van der Waals surface area contributed by atoms with Gasteiger partial charge in [0.2, 0.25) is 0 Å². The van der Waals surface area contributed by atoms with Gasteiger partial charge in [-0.05, 0) is 11.1 Å². The fraction of sp³-hybridized carbons (Fsp3) is 0.273. The van der Waals surface area contributed by atoms with E-state index in [0.29, 0.717) is 11.1 Å². The second-order valence-corrected chi connectivity index (χ2v) is 3.37. The van der Waals surface area contributed by atoms with Crippen LogP contribution in [0, 0.1) is 10.1 Å². The first-order valence-electron chi connectivity index (χ1n) is 4.56. The number of nitro benzene ring substituents is 1. The van der Waals surface area contributed by atoms with Gasteiger partial charge in [0.05, 0.1) is 11.6 Å². The van der Waals surface area contributed by atoms with E-state index in [2.05, 4.69) is 6.58 Å². The van der Waals surface area contributed by atoms with E-state index in [-0.39, 0.29) is 11.6 Å². The van der Waals surface area contributed by atoms with E-state index in [1.165, 1.54) is 18.2 Å². The maximum absolute atomic E-state index is 12.4. The van der Waals surface area contributed by atoms with Crippen LogP contribution in [0.1, 0.15) is 24.0 Å². The molecule has 3 nitrogen and oxygen atoms in total. The van der Waals surface area contributed by atoms with Gasteiger partial charge < -0.3 is 0 Å². The molecule has 1 atom stereocenters. The van der Waals surface area contributed by atoms with Crippen molar-refractivity contribution in [1.29, 1.82) is 0 Å². The molecular formula is C11H12FNO2. The zero-order chi connectivity index (χ0) is 11.4. The highest BCUT2D eigenvalue weighted by Gasteiger charge is 2.12. The van der Waals surface area contributed by atoms with Gasteiger partial charge in [-0.15, -0.1) is 0 Å². The summed E-state index contributed by atoms with van der Waals surface area (Å²) in [5, 5.41) is 10.6. The number of alkyl halides is 1. The lowest BCUT2D eigenvalue weighted by Crippen LogP contribution is -1.98. The van der Waals surface area contributed by atoms with E-state index in [1.807, 2.05) is 0 Å². The van der Waals surface area contributed by atoms with E-state index >= 15 is 0 Å². The summed E-state index contributed by atoms with van der Waals surface area (Å²) in [6.45, 7) is 4.70. The Balaban J connectivity index is 3.22. The summed E-state index contributed by atoms with van der Waals surface area (Å²) in [5.74, 6) is -0.330. The largest absolute Gasteiger partial charge is 0.270 e. The summed E-state index contributed by atoms with van der Waals surface area (Å²) in [5.41, 5.74) is 1.24. The van der Waals surface area contributed by atoms with Gasteiger partial charge in [0.15, 0.2) is 0 Å². The van der Waals surface area contributed by atoms with Crippen molar-refractivity contribution in [1.82, 2.24) is 0 Å². The van der Waals surface area contributed by atoms with E-state index < -0.39 is 11.6 Å². The highest BCUT2D eigenvalue weighted by atomic mass is 19.1. The molecular weight excluding hydrogens is 197 g/mol. The van der Waals surface area contributed by atoms with Crippen LogP contribution in [0.25, 0.3) is 6.08 Å². The number of hydrogen-bond donors (Lipinski definition) is 0. The molecule has 1 rings (SSSR count). The maximum atomic E-state index is 12.4. The Labute approximate surface area is 87.4 Å². The van der Waals surface area contributed by atoms with E-state index in [0.717, 1.165) is 0 Å². The van der Waals surface area contributed by atoms with Crippen LogP contribution in [-0.4, -0.2) is 11.6 Å². The lowest BCUT2D eigenvalue weighted by molar-refractivity contribution is -0.384. The zero-order valence-electron chi connectivity index (χ0n) is 8.44. The molecule has 15 heavy (non-hydrogen) atoms. The van der Waals surface area contributed by atoms with Crippen molar-refractivity contribution in [2.45, 2.75) is 12.8 Å². The Morgan fingerprint density at radius 1 is 1.60 bits per heavy atom. The molecule has 1 unspecified atom stereocenters. The first kappa shape index (κ1) is 11.4. The number of benzene rings is 1. The monoisotopic (exact) mass is 209 g/mol. The van der Waals surface area contributed by atoms with Crippen LogP contribution >= 0.6 is 0 Å². The molecule has 80 valence electrons. The topological polar surface area (TPSA) is 43.1 Å². The first-order chi connectivity index (χ1) is 7.08. The summed E-state index contributed by atoms with van der Waals surface area (Å²) >= 11 is 0. The normalized spacial score (nSPS) is 12.1. The van der Waals surface area contributed by atoms with Crippen molar-refractivity contribution in [3.63, 3.8) is 0 Å². The Morgan fingerprint density at radius 2 is 2.27 bits per heavy atom. The highest BCUT2D eigenvalue weighted by Crippen LogP contribution is 2.24. The van der Waals surface area contributed by atoms with Gasteiger partial charge in [0.25, 0.3) is 5.69 Å². The Morgan fingerprint density at radius 3 is 2.73 bits per heavy atom. The molecule has 0 N–H and O–H groups in total. The molecule has 0 fully saturated rings. The summed E-state index contributed by atoms with van der Waals surface area (Å²) in [6, 6.07) is 4.53. The fourth-order valence-electron chi connectivity index (χ4n) is 1.26. The minimum atomic E-state index is -0.530. The van der Waals surface area contributed by atoms with Crippen molar-refractivity contribution in [2.24, 2.45) is 0 Å². The second-order valence-electron chi connectivity index (χ2n) is 3.37. The third-order valence-electron chi connectivity index (χ3n) is 2.21. The molecule has 0 amide bonds. The van der Waals surface area contributed by atoms with Crippen LogP contribution in [0.4, 0.5) is 10.1 Å². The third kappa shape index (κ3) is 2.62. The second kappa shape index (κ2) is 4.68. The smallest absolute Gasteiger partial charge is 0.258 e. The van der Waals surface area contributed by atoms with Gasteiger partial charge in [-0.3, -0.25) is 14.5 Å². The average molecular weight is 209 g/mol. The number of non-ortho nitro benzene ring substituents is 1. The van der Waals surface area contributed by atoms with Gasteiger partial charge in [-0.1, -0.05) is 25.6 Å². The molecule has 0 saturated heterocycles. The summed E-state index contributed by atoms with van der Waals surface area (Å²) in [7, 11) is 0. The summed E-state index contributed by atoms with van der Waals surface area (Å²) in [6.07, 6.45) is 1.52. The number of nitro groups is 1. The molecule has 0 aliphatic carbocycles. The average Bonchev–Trinajstić information content (AvgIpc) is 2.27. The molecule has 0 aliphatic rings. The van der Waals surface area contributed by atoms with E-state index in [1.54, 1.807) is 13.0 Å². The standard InChI is InChI=1S/C11H12FNO2/c1-3-9-4-10(8(2)7-12)6-11(5-9)13(14)15/h3-6,8H,1,7H2,2H3. The maximum Gasteiger partial charge on any atom is 0.270 e. The van der Waals surface area contributed by atoms with Gasteiger partial charge in [-0.2, -0.15) is 0 Å². The van der Waals surface area contributed by atoms with Crippen LogP contribution in [0.15, 0.2) is 24.8 Å². The highest BCUT2D eigenvalue weighted by molar-refractivity contribution is 5.54. The lowest BCUT2D eigenvalue weighted by atomic mass is 9.99. The van der Waals surface area contributed by atoms with Gasteiger partial charge in [0, 0.05) is 18.1 Å². The Bertz CT molecular complexity index is 390. The summed E-state index contributed by atoms with van der Waals surface area (Å²) in [4.78, 5) is 10.1. The van der Waals surface area contributed by atoms with Crippen LogP contribution in [0.3, 0.4) is 0 Å². The molecule has 0 spiro atoms. The fourth-order valence-corrected chi connectivity index (χ4v) is 1.26. The Kier molecular flexibility index (Phi) is 3.55. The minimum absolute atomic E-state index is 0.0253. The van der Waals surface area contributed by atoms with Crippen molar-refractivity contribution in [3.05, 3.63) is 46.0 Å². The molecule has 0 radical (unpaired) electrons. The quantitative estimate of drug-likeness (QED) is 0.564. The van der Waals surface area contributed by atoms with Crippen molar-refractivity contribution in [2.75, 3.05) is 6.67 Å². The summed E-state index contributed by atoms with van der Waals surface area (Å²) < 4.78 is 12.4. The lowest BCUT2D eigenvalue weighted by Gasteiger charge is -2.07. The number of halogens is 1. The van der Waals surface area contributed by atoms with Crippen LogP contribution in [0.5, 0.6) is 0 Å². The van der Waals surface area contributed by atoms with Crippen LogP contribution < -0.4 is 0 Å². The molecule has 0 heterocycles. The van der Waals surface area contributed by atoms with Crippen molar-refractivity contribution in [3.8, 4) is 0 Å².